The van der Waals surface area contributed by atoms with E-state index in [1.807, 2.05) is 11.5 Å². The van der Waals surface area contributed by atoms with E-state index in [0.717, 1.165) is 0 Å². The first-order chi connectivity index (χ1) is 8.54. The van der Waals surface area contributed by atoms with Crippen LogP contribution in [-0.2, 0) is 11.3 Å². The number of rotatable bonds is 4. The van der Waals surface area contributed by atoms with Gasteiger partial charge in [0.25, 0.3) is 0 Å². The summed E-state index contributed by atoms with van der Waals surface area (Å²) >= 11 is 11.8. The minimum Gasteiger partial charge on any atom is -0.383 e. The number of benzene rings is 1. The van der Waals surface area contributed by atoms with Gasteiger partial charge in [-0.05, 0) is 13.0 Å². The number of ether oxygens (including phenoxy) is 1. The minimum atomic E-state index is -0.462. The van der Waals surface area contributed by atoms with Crippen LogP contribution in [0.15, 0.2) is 12.1 Å². The zero-order valence-corrected chi connectivity index (χ0v) is 11.6. The smallest absolute Gasteiger partial charge is 0.144 e. The Morgan fingerprint density at radius 2 is 2.22 bits per heavy atom. The normalized spacial score (nSPS) is 13.2. The van der Waals surface area contributed by atoms with E-state index in [9.17, 15) is 4.39 Å². The molecule has 0 bridgehead atoms. The van der Waals surface area contributed by atoms with Gasteiger partial charge in [0.2, 0.25) is 0 Å². The number of methoxy groups -OCH3 is 1. The lowest BCUT2D eigenvalue weighted by molar-refractivity contribution is 0.187. The summed E-state index contributed by atoms with van der Waals surface area (Å²) < 4.78 is 20.4. The van der Waals surface area contributed by atoms with Crippen LogP contribution in [0.1, 0.15) is 18.1 Å². The van der Waals surface area contributed by atoms with Crippen molar-refractivity contribution in [1.29, 1.82) is 0 Å². The molecule has 1 heterocycles. The van der Waals surface area contributed by atoms with Crippen LogP contribution in [0.2, 0.25) is 5.02 Å². The Bertz CT molecular complexity index is 569. The van der Waals surface area contributed by atoms with Gasteiger partial charge < -0.3 is 9.30 Å². The predicted octanol–water partition coefficient (Wildman–Crippen LogP) is 3.78. The number of halogens is 3. The van der Waals surface area contributed by atoms with Crippen LogP contribution in [0.5, 0.6) is 0 Å². The standard InChI is InChI=1S/C12H13Cl2FN2O/c1-7(13)12-16-10-5-8(14)9(15)6-11(10)17(12)3-4-18-2/h5-7H,3-4H2,1-2H3. The van der Waals surface area contributed by atoms with E-state index in [1.54, 1.807) is 7.11 Å². The van der Waals surface area contributed by atoms with Gasteiger partial charge in [-0.1, -0.05) is 11.6 Å². The molecule has 0 radical (unpaired) electrons. The summed E-state index contributed by atoms with van der Waals surface area (Å²) in [5.41, 5.74) is 1.32. The number of alkyl halides is 1. The molecule has 0 fully saturated rings. The molecule has 0 saturated heterocycles. The first kappa shape index (κ1) is 13.6. The summed E-state index contributed by atoms with van der Waals surface area (Å²) in [6.45, 7) is 2.90. The first-order valence-electron chi connectivity index (χ1n) is 5.52. The van der Waals surface area contributed by atoms with Crippen molar-refractivity contribution in [3.8, 4) is 0 Å². The maximum Gasteiger partial charge on any atom is 0.144 e. The van der Waals surface area contributed by atoms with Crippen molar-refractivity contribution in [2.24, 2.45) is 0 Å². The van der Waals surface area contributed by atoms with E-state index >= 15 is 0 Å². The molecule has 2 aromatic rings. The van der Waals surface area contributed by atoms with E-state index in [1.165, 1.54) is 12.1 Å². The van der Waals surface area contributed by atoms with Crippen LogP contribution in [0.25, 0.3) is 11.0 Å². The van der Waals surface area contributed by atoms with Crippen molar-refractivity contribution in [2.75, 3.05) is 13.7 Å². The van der Waals surface area contributed by atoms with Gasteiger partial charge in [0.05, 0.1) is 28.0 Å². The second kappa shape index (κ2) is 5.43. The highest BCUT2D eigenvalue weighted by atomic mass is 35.5. The Morgan fingerprint density at radius 3 is 2.83 bits per heavy atom. The summed E-state index contributed by atoms with van der Waals surface area (Å²) in [6.07, 6.45) is 0. The fourth-order valence-electron chi connectivity index (χ4n) is 1.86. The molecule has 2 rings (SSSR count). The molecule has 0 N–H and O–H groups in total. The van der Waals surface area contributed by atoms with E-state index < -0.39 is 5.82 Å². The van der Waals surface area contributed by atoms with E-state index in [0.29, 0.717) is 30.0 Å². The van der Waals surface area contributed by atoms with Crippen molar-refractivity contribution in [3.05, 3.63) is 28.8 Å². The number of aromatic nitrogens is 2. The molecule has 3 nitrogen and oxygen atoms in total. The second-order valence-corrected chi connectivity index (χ2v) is 5.05. The summed E-state index contributed by atoms with van der Waals surface area (Å²) in [5, 5.41) is -0.205. The topological polar surface area (TPSA) is 27.1 Å². The fourth-order valence-corrected chi connectivity index (χ4v) is 2.18. The molecule has 1 atom stereocenters. The molecule has 1 aromatic heterocycles. The maximum absolute atomic E-state index is 13.5. The number of nitrogens with zero attached hydrogens (tertiary/aromatic N) is 2. The fraction of sp³-hybridized carbons (Fsp3) is 0.417. The molecule has 1 unspecified atom stereocenters. The highest BCUT2D eigenvalue weighted by Gasteiger charge is 2.16. The lowest BCUT2D eigenvalue weighted by Gasteiger charge is -2.09. The molecular formula is C12H13Cl2FN2O. The minimum absolute atomic E-state index is 0.0627. The van der Waals surface area contributed by atoms with Crippen molar-refractivity contribution in [3.63, 3.8) is 0 Å². The van der Waals surface area contributed by atoms with E-state index in [-0.39, 0.29) is 10.4 Å². The molecule has 6 heteroatoms. The quantitative estimate of drug-likeness (QED) is 0.802. The van der Waals surface area contributed by atoms with Crippen LogP contribution >= 0.6 is 23.2 Å². The van der Waals surface area contributed by atoms with Gasteiger partial charge in [-0.2, -0.15) is 0 Å². The molecule has 1 aromatic carbocycles. The maximum atomic E-state index is 13.5. The summed E-state index contributed by atoms with van der Waals surface area (Å²) in [5.74, 6) is 0.224. The summed E-state index contributed by atoms with van der Waals surface area (Å²) in [7, 11) is 1.61. The van der Waals surface area contributed by atoms with Gasteiger partial charge in [-0.25, -0.2) is 9.37 Å². The second-order valence-electron chi connectivity index (χ2n) is 3.99. The molecule has 0 amide bonds. The zero-order valence-electron chi connectivity index (χ0n) is 10.1. The Balaban J connectivity index is 2.61. The SMILES string of the molecule is COCCn1c(C(C)Cl)nc2cc(Cl)c(F)cc21. The van der Waals surface area contributed by atoms with Crippen molar-refractivity contribution >= 4 is 34.2 Å². The van der Waals surface area contributed by atoms with Crippen molar-refractivity contribution in [1.82, 2.24) is 9.55 Å². The van der Waals surface area contributed by atoms with Gasteiger partial charge in [-0.15, -0.1) is 11.6 Å². The van der Waals surface area contributed by atoms with Gasteiger partial charge >= 0.3 is 0 Å². The Hall–Kier alpha value is -0.840. The Morgan fingerprint density at radius 1 is 1.50 bits per heavy atom. The summed E-state index contributed by atoms with van der Waals surface area (Å²) in [4.78, 5) is 4.39. The first-order valence-corrected chi connectivity index (χ1v) is 6.34. The number of fused-ring (bicyclic) bond motifs is 1. The van der Waals surface area contributed by atoms with Crippen LogP contribution in [0.4, 0.5) is 4.39 Å². The molecular weight excluding hydrogens is 278 g/mol. The lowest BCUT2D eigenvalue weighted by atomic mass is 10.3. The number of hydrogen-bond donors (Lipinski definition) is 0. The zero-order chi connectivity index (χ0) is 13.3. The third-order valence-corrected chi connectivity index (χ3v) is 3.18. The number of imidazole rings is 1. The average Bonchev–Trinajstić information content (AvgIpc) is 2.65. The molecule has 0 aliphatic carbocycles. The molecule has 18 heavy (non-hydrogen) atoms. The van der Waals surface area contributed by atoms with Gasteiger partial charge in [0.1, 0.15) is 11.6 Å². The average molecular weight is 291 g/mol. The molecule has 98 valence electrons. The van der Waals surface area contributed by atoms with Gasteiger partial charge in [0.15, 0.2) is 0 Å². The molecule has 0 saturated carbocycles. The summed E-state index contributed by atoms with van der Waals surface area (Å²) in [6, 6.07) is 2.89. The molecule has 0 aliphatic heterocycles. The molecule has 0 aliphatic rings. The third kappa shape index (κ3) is 2.46. The lowest BCUT2D eigenvalue weighted by Crippen LogP contribution is -2.08. The van der Waals surface area contributed by atoms with E-state index in [2.05, 4.69) is 4.98 Å². The predicted molar refractivity (Wildman–Crippen MR) is 70.8 cm³/mol. The highest BCUT2D eigenvalue weighted by molar-refractivity contribution is 6.31. The highest BCUT2D eigenvalue weighted by Crippen LogP contribution is 2.28. The Labute approximate surface area is 114 Å². The number of hydrogen-bond acceptors (Lipinski definition) is 2. The van der Waals surface area contributed by atoms with Crippen LogP contribution in [0, 0.1) is 5.82 Å². The van der Waals surface area contributed by atoms with Gasteiger partial charge in [0, 0.05) is 19.7 Å². The largest absolute Gasteiger partial charge is 0.383 e. The molecule has 0 spiro atoms. The van der Waals surface area contributed by atoms with Crippen molar-refractivity contribution < 1.29 is 9.13 Å². The van der Waals surface area contributed by atoms with E-state index in [4.69, 9.17) is 27.9 Å². The van der Waals surface area contributed by atoms with Gasteiger partial charge in [-0.3, -0.25) is 0 Å². The van der Waals surface area contributed by atoms with Crippen LogP contribution < -0.4 is 0 Å². The monoisotopic (exact) mass is 290 g/mol. The van der Waals surface area contributed by atoms with Crippen LogP contribution in [0.3, 0.4) is 0 Å². The third-order valence-electron chi connectivity index (χ3n) is 2.69. The Kier molecular flexibility index (Phi) is 4.10. The van der Waals surface area contributed by atoms with Crippen LogP contribution in [-0.4, -0.2) is 23.3 Å². The van der Waals surface area contributed by atoms with Crippen molar-refractivity contribution in [2.45, 2.75) is 18.8 Å².